The summed E-state index contributed by atoms with van der Waals surface area (Å²) < 4.78 is 4.97. The molecule has 1 aromatic carbocycles. The molecular weight excluding hydrogens is 194 g/mol. The molecule has 1 N–H and O–H groups in total. The zero-order valence-corrected chi connectivity index (χ0v) is 8.51. The highest BCUT2D eigenvalue weighted by atomic mass is 16.5. The van der Waals surface area contributed by atoms with Crippen LogP contribution in [0.5, 0.6) is 0 Å². The summed E-state index contributed by atoms with van der Waals surface area (Å²) in [6.07, 6.45) is 0.0172. The molecule has 0 spiro atoms. The Morgan fingerprint density at radius 2 is 2.07 bits per heavy atom. The zero-order chi connectivity index (χ0) is 11.1. The lowest BCUT2D eigenvalue weighted by atomic mass is 10.2. The molecule has 4 heteroatoms. The molecule has 0 aliphatic rings. The second-order valence-electron chi connectivity index (χ2n) is 3.16. The van der Waals surface area contributed by atoms with Crippen LogP contribution in [0.3, 0.4) is 0 Å². The smallest absolute Gasteiger partial charge is 0.311 e. The van der Waals surface area contributed by atoms with Gasteiger partial charge in [-0.25, -0.2) is 0 Å². The molecule has 0 unspecified atom stereocenters. The van der Waals surface area contributed by atoms with Crippen LogP contribution >= 0.6 is 0 Å². The Kier molecular flexibility index (Phi) is 4.34. The number of ether oxygens (including phenoxy) is 1. The van der Waals surface area contributed by atoms with Crippen molar-refractivity contribution >= 4 is 11.7 Å². The lowest BCUT2D eigenvalue weighted by molar-refractivity contribution is -0.143. The Hall–Kier alpha value is -1.84. The standard InChI is InChI=1S/C11H13NO3/c1-9(12-14)7-11(13)15-8-10-5-3-2-4-6-10/h2-6,14H,7-8H2,1H3. The summed E-state index contributed by atoms with van der Waals surface area (Å²) in [6, 6.07) is 9.40. The second-order valence-corrected chi connectivity index (χ2v) is 3.16. The molecule has 0 radical (unpaired) electrons. The van der Waals surface area contributed by atoms with Crippen molar-refractivity contribution < 1.29 is 14.7 Å². The third-order valence-electron chi connectivity index (χ3n) is 1.81. The molecule has 1 rings (SSSR count). The first-order chi connectivity index (χ1) is 7.22. The summed E-state index contributed by atoms with van der Waals surface area (Å²) >= 11 is 0. The molecule has 0 amide bonds. The van der Waals surface area contributed by atoms with Gasteiger partial charge in [0.05, 0.1) is 12.1 Å². The molecule has 0 aliphatic heterocycles. The SMILES string of the molecule is CC(CC(=O)OCc1ccccc1)=NO. The molecule has 80 valence electrons. The highest BCUT2D eigenvalue weighted by molar-refractivity contribution is 5.97. The first-order valence-electron chi connectivity index (χ1n) is 4.59. The van der Waals surface area contributed by atoms with Crippen LogP contribution in [-0.4, -0.2) is 16.9 Å². The third-order valence-corrected chi connectivity index (χ3v) is 1.81. The van der Waals surface area contributed by atoms with E-state index in [0.717, 1.165) is 5.56 Å². The lowest BCUT2D eigenvalue weighted by Gasteiger charge is -2.03. The van der Waals surface area contributed by atoms with Gasteiger partial charge >= 0.3 is 5.97 Å². The van der Waals surface area contributed by atoms with Crippen molar-refractivity contribution in [2.45, 2.75) is 20.0 Å². The van der Waals surface area contributed by atoms with Gasteiger partial charge in [0, 0.05) is 0 Å². The van der Waals surface area contributed by atoms with Crippen molar-refractivity contribution in [1.29, 1.82) is 0 Å². The lowest BCUT2D eigenvalue weighted by Crippen LogP contribution is -2.09. The topological polar surface area (TPSA) is 58.9 Å². The van der Waals surface area contributed by atoms with Crippen LogP contribution < -0.4 is 0 Å². The van der Waals surface area contributed by atoms with E-state index in [9.17, 15) is 4.79 Å². The van der Waals surface area contributed by atoms with Gasteiger partial charge in [0.15, 0.2) is 0 Å². The van der Waals surface area contributed by atoms with Crippen molar-refractivity contribution in [3.05, 3.63) is 35.9 Å². The van der Waals surface area contributed by atoms with E-state index in [-0.39, 0.29) is 13.0 Å². The number of esters is 1. The number of rotatable bonds is 4. The van der Waals surface area contributed by atoms with Crippen LogP contribution in [-0.2, 0) is 16.1 Å². The monoisotopic (exact) mass is 207 g/mol. The molecule has 0 saturated carbocycles. The summed E-state index contributed by atoms with van der Waals surface area (Å²) in [5.41, 5.74) is 1.28. The highest BCUT2D eigenvalue weighted by Crippen LogP contribution is 2.01. The Bertz CT molecular complexity index is 346. The van der Waals surface area contributed by atoms with E-state index in [0.29, 0.717) is 5.71 Å². The predicted molar refractivity (Wildman–Crippen MR) is 55.8 cm³/mol. The van der Waals surface area contributed by atoms with Gasteiger partial charge in [-0.1, -0.05) is 35.5 Å². The van der Waals surface area contributed by atoms with Crippen molar-refractivity contribution in [3.8, 4) is 0 Å². The minimum Gasteiger partial charge on any atom is -0.461 e. The first-order valence-corrected chi connectivity index (χ1v) is 4.59. The Morgan fingerprint density at radius 1 is 1.40 bits per heavy atom. The largest absolute Gasteiger partial charge is 0.461 e. The molecule has 0 aliphatic carbocycles. The van der Waals surface area contributed by atoms with Crippen molar-refractivity contribution in [3.63, 3.8) is 0 Å². The fraction of sp³-hybridized carbons (Fsp3) is 0.273. The third kappa shape index (κ3) is 4.26. The number of hydrogen-bond donors (Lipinski definition) is 1. The number of carbonyl (C=O) groups excluding carboxylic acids is 1. The number of benzene rings is 1. The number of nitrogens with zero attached hydrogens (tertiary/aromatic N) is 1. The van der Waals surface area contributed by atoms with Gasteiger partial charge in [-0.15, -0.1) is 0 Å². The molecule has 1 aromatic rings. The van der Waals surface area contributed by atoms with Gasteiger partial charge in [-0.05, 0) is 12.5 Å². The molecule has 0 heterocycles. The van der Waals surface area contributed by atoms with E-state index < -0.39 is 5.97 Å². The van der Waals surface area contributed by atoms with Crippen LogP contribution in [0.2, 0.25) is 0 Å². The molecule has 15 heavy (non-hydrogen) atoms. The molecule has 0 aromatic heterocycles. The highest BCUT2D eigenvalue weighted by Gasteiger charge is 2.05. The van der Waals surface area contributed by atoms with Crippen LogP contribution in [0, 0.1) is 0 Å². The average Bonchev–Trinajstić information content (AvgIpc) is 2.27. The Morgan fingerprint density at radius 3 is 2.67 bits per heavy atom. The maximum atomic E-state index is 11.2. The van der Waals surface area contributed by atoms with Gasteiger partial charge < -0.3 is 9.94 Å². The molecule has 0 fully saturated rings. The van der Waals surface area contributed by atoms with Crippen molar-refractivity contribution in [1.82, 2.24) is 0 Å². The van der Waals surface area contributed by atoms with Gasteiger partial charge in [-0.2, -0.15) is 0 Å². The maximum Gasteiger partial charge on any atom is 0.311 e. The number of oxime groups is 1. The van der Waals surface area contributed by atoms with E-state index in [2.05, 4.69) is 5.16 Å². The molecule has 0 saturated heterocycles. The quantitative estimate of drug-likeness (QED) is 0.355. The van der Waals surface area contributed by atoms with Gasteiger partial charge in [0.1, 0.15) is 6.61 Å². The van der Waals surface area contributed by atoms with E-state index in [4.69, 9.17) is 9.94 Å². The van der Waals surface area contributed by atoms with Crippen molar-refractivity contribution in [2.24, 2.45) is 5.16 Å². The normalized spacial score (nSPS) is 11.1. The number of hydrogen-bond acceptors (Lipinski definition) is 4. The van der Waals surface area contributed by atoms with Gasteiger partial charge in [0.25, 0.3) is 0 Å². The van der Waals surface area contributed by atoms with E-state index >= 15 is 0 Å². The summed E-state index contributed by atoms with van der Waals surface area (Å²) in [5, 5.41) is 11.2. The van der Waals surface area contributed by atoms with E-state index in [1.165, 1.54) is 0 Å². The number of carbonyl (C=O) groups is 1. The maximum absolute atomic E-state index is 11.2. The second kappa shape index (κ2) is 5.80. The van der Waals surface area contributed by atoms with Crippen LogP contribution in [0.1, 0.15) is 18.9 Å². The Labute approximate surface area is 88.2 Å². The zero-order valence-electron chi connectivity index (χ0n) is 8.51. The fourth-order valence-corrected chi connectivity index (χ4v) is 1.03. The van der Waals surface area contributed by atoms with Crippen LogP contribution in [0.25, 0.3) is 0 Å². The minimum absolute atomic E-state index is 0.0172. The molecule has 0 atom stereocenters. The van der Waals surface area contributed by atoms with Crippen LogP contribution in [0.4, 0.5) is 0 Å². The summed E-state index contributed by atoms with van der Waals surface area (Å²) in [7, 11) is 0. The Balaban J connectivity index is 2.35. The van der Waals surface area contributed by atoms with Gasteiger partial charge in [-0.3, -0.25) is 4.79 Å². The molecule has 0 bridgehead atoms. The predicted octanol–water partition coefficient (Wildman–Crippen LogP) is 1.97. The first kappa shape index (κ1) is 11.2. The van der Waals surface area contributed by atoms with Crippen molar-refractivity contribution in [2.75, 3.05) is 0 Å². The van der Waals surface area contributed by atoms with E-state index in [1.54, 1.807) is 6.92 Å². The molecule has 4 nitrogen and oxygen atoms in total. The minimum atomic E-state index is -0.394. The molecular formula is C11H13NO3. The summed E-state index contributed by atoms with van der Waals surface area (Å²) in [6.45, 7) is 1.81. The van der Waals surface area contributed by atoms with E-state index in [1.807, 2.05) is 30.3 Å². The summed E-state index contributed by atoms with van der Waals surface area (Å²) in [4.78, 5) is 11.2. The summed E-state index contributed by atoms with van der Waals surface area (Å²) in [5.74, 6) is -0.394. The average molecular weight is 207 g/mol. The fourth-order valence-electron chi connectivity index (χ4n) is 1.03. The van der Waals surface area contributed by atoms with Crippen LogP contribution in [0.15, 0.2) is 35.5 Å². The van der Waals surface area contributed by atoms with Gasteiger partial charge in [0.2, 0.25) is 0 Å².